The Balaban J connectivity index is 0.00000162. The van der Waals surface area contributed by atoms with Crippen LogP contribution in [0.15, 0.2) is 0 Å². The molecule has 0 bridgehead atoms. The second-order valence-electron chi connectivity index (χ2n) is 4.87. The summed E-state index contributed by atoms with van der Waals surface area (Å²) in [5.74, 6) is -0.0153. The minimum atomic E-state index is -0.149. The third kappa shape index (κ3) is 3.59. The first-order chi connectivity index (χ1) is 8.20. The second-order valence-corrected chi connectivity index (χ2v) is 4.87. The first-order valence-electron chi connectivity index (χ1n) is 6.49. The van der Waals surface area contributed by atoms with Gasteiger partial charge in [0, 0.05) is 32.1 Å². The Morgan fingerprint density at radius 1 is 1.56 bits per heavy atom. The number of nitrogens with one attached hydrogen (secondary N) is 2. The van der Waals surface area contributed by atoms with Gasteiger partial charge in [-0.1, -0.05) is 0 Å². The summed E-state index contributed by atoms with van der Waals surface area (Å²) in [6.07, 6.45) is 2.69. The van der Waals surface area contributed by atoms with Gasteiger partial charge in [0.1, 0.15) is 0 Å². The van der Waals surface area contributed by atoms with Crippen LogP contribution in [-0.2, 0) is 9.59 Å². The van der Waals surface area contributed by atoms with Gasteiger partial charge in [-0.25, -0.2) is 0 Å². The van der Waals surface area contributed by atoms with Crippen molar-refractivity contribution in [3.8, 4) is 0 Å². The van der Waals surface area contributed by atoms with Crippen molar-refractivity contribution in [1.29, 1.82) is 0 Å². The van der Waals surface area contributed by atoms with Crippen LogP contribution in [0.5, 0.6) is 0 Å². The highest BCUT2D eigenvalue weighted by Crippen LogP contribution is 2.17. The van der Waals surface area contributed by atoms with Crippen molar-refractivity contribution in [1.82, 2.24) is 15.5 Å². The van der Waals surface area contributed by atoms with Gasteiger partial charge in [0.05, 0.1) is 5.92 Å². The molecule has 0 aromatic rings. The van der Waals surface area contributed by atoms with Crippen LogP contribution >= 0.6 is 12.4 Å². The molecule has 0 aromatic carbocycles. The largest absolute Gasteiger partial charge is 0.354 e. The van der Waals surface area contributed by atoms with E-state index in [2.05, 4.69) is 10.6 Å². The lowest BCUT2D eigenvalue weighted by Crippen LogP contribution is -2.40. The molecule has 0 aliphatic carbocycles. The molecule has 2 aliphatic heterocycles. The van der Waals surface area contributed by atoms with Crippen LogP contribution in [0.4, 0.5) is 0 Å². The number of rotatable bonds is 4. The average molecular weight is 276 g/mol. The zero-order valence-electron chi connectivity index (χ0n) is 10.8. The molecular weight excluding hydrogens is 254 g/mol. The van der Waals surface area contributed by atoms with Crippen molar-refractivity contribution < 1.29 is 9.59 Å². The average Bonchev–Trinajstić information content (AvgIpc) is 2.94. The molecule has 0 spiro atoms. The first-order valence-corrected chi connectivity index (χ1v) is 6.49. The summed E-state index contributed by atoms with van der Waals surface area (Å²) < 4.78 is 0. The third-order valence-electron chi connectivity index (χ3n) is 3.65. The Bertz CT molecular complexity index is 306. The number of carbonyl (C=O) groups is 2. The molecule has 104 valence electrons. The van der Waals surface area contributed by atoms with Crippen LogP contribution in [-0.4, -0.2) is 48.9 Å². The van der Waals surface area contributed by atoms with Crippen LogP contribution in [0, 0.1) is 5.92 Å². The third-order valence-corrected chi connectivity index (χ3v) is 3.65. The van der Waals surface area contributed by atoms with Gasteiger partial charge < -0.3 is 15.5 Å². The summed E-state index contributed by atoms with van der Waals surface area (Å²) in [7, 11) is 0. The van der Waals surface area contributed by atoms with Crippen LogP contribution in [0.2, 0.25) is 0 Å². The fourth-order valence-electron chi connectivity index (χ4n) is 2.55. The smallest absolute Gasteiger partial charge is 0.225 e. The summed E-state index contributed by atoms with van der Waals surface area (Å²) in [5, 5.41) is 6.29. The Kier molecular flexibility index (Phi) is 5.88. The number of amides is 2. The maximum atomic E-state index is 11.9. The Morgan fingerprint density at radius 3 is 2.89 bits per heavy atom. The standard InChI is InChI=1S/C12H21N3O2.ClH/c1-2-15-8-9(6-11(15)16)12(17)14-7-10-4-3-5-13-10;/h9-10,13H,2-8H2,1H3,(H,14,17);1H. The van der Waals surface area contributed by atoms with Gasteiger partial charge in [0.25, 0.3) is 0 Å². The van der Waals surface area contributed by atoms with E-state index in [1.807, 2.05) is 6.92 Å². The van der Waals surface area contributed by atoms with Crippen molar-refractivity contribution in [2.75, 3.05) is 26.2 Å². The van der Waals surface area contributed by atoms with Gasteiger partial charge >= 0.3 is 0 Å². The van der Waals surface area contributed by atoms with Gasteiger partial charge in [-0.15, -0.1) is 12.4 Å². The SMILES string of the molecule is CCN1CC(C(=O)NCC2CCCN2)CC1=O.Cl. The van der Waals surface area contributed by atoms with Gasteiger partial charge in [-0.2, -0.15) is 0 Å². The number of likely N-dealkylation sites (tertiary alicyclic amines) is 1. The molecule has 0 saturated carbocycles. The highest BCUT2D eigenvalue weighted by molar-refractivity contribution is 5.89. The quantitative estimate of drug-likeness (QED) is 0.768. The predicted octanol–water partition coefficient (Wildman–Crippen LogP) is 0.145. The van der Waals surface area contributed by atoms with E-state index in [1.165, 1.54) is 6.42 Å². The number of hydrogen-bond acceptors (Lipinski definition) is 3. The molecule has 2 aliphatic rings. The van der Waals surface area contributed by atoms with E-state index in [-0.39, 0.29) is 30.1 Å². The molecule has 2 heterocycles. The fourth-order valence-corrected chi connectivity index (χ4v) is 2.55. The lowest BCUT2D eigenvalue weighted by molar-refractivity contribution is -0.128. The minimum absolute atomic E-state index is 0. The summed E-state index contributed by atoms with van der Waals surface area (Å²) >= 11 is 0. The lowest BCUT2D eigenvalue weighted by atomic mass is 10.1. The van der Waals surface area contributed by atoms with Crippen molar-refractivity contribution in [2.24, 2.45) is 5.92 Å². The van der Waals surface area contributed by atoms with E-state index in [0.717, 1.165) is 13.0 Å². The van der Waals surface area contributed by atoms with Gasteiger partial charge in [0.15, 0.2) is 0 Å². The number of halogens is 1. The molecule has 2 N–H and O–H groups in total. The monoisotopic (exact) mass is 275 g/mol. The Hall–Kier alpha value is -0.810. The van der Waals surface area contributed by atoms with Crippen molar-refractivity contribution >= 4 is 24.2 Å². The highest BCUT2D eigenvalue weighted by atomic mass is 35.5. The van der Waals surface area contributed by atoms with Gasteiger partial charge in [-0.3, -0.25) is 9.59 Å². The van der Waals surface area contributed by atoms with E-state index in [1.54, 1.807) is 4.90 Å². The van der Waals surface area contributed by atoms with E-state index >= 15 is 0 Å². The number of nitrogens with zero attached hydrogens (tertiary/aromatic N) is 1. The maximum absolute atomic E-state index is 11.9. The van der Waals surface area contributed by atoms with Crippen LogP contribution < -0.4 is 10.6 Å². The molecule has 2 unspecified atom stereocenters. The van der Waals surface area contributed by atoms with Crippen molar-refractivity contribution in [3.63, 3.8) is 0 Å². The molecule has 5 nitrogen and oxygen atoms in total. The molecule has 2 rings (SSSR count). The summed E-state index contributed by atoms with van der Waals surface area (Å²) in [5.41, 5.74) is 0. The van der Waals surface area contributed by atoms with Crippen LogP contribution in [0.25, 0.3) is 0 Å². The van der Waals surface area contributed by atoms with Gasteiger partial charge in [-0.05, 0) is 26.3 Å². The summed E-state index contributed by atoms with van der Waals surface area (Å²) in [6.45, 7) is 4.97. The first kappa shape index (κ1) is 15.2. The predicted molar refractivity (Wildman–Crippen MR) is 71.6 cm³/mol. The highest BCUT2D eigenvalue weighted by Gasteiger charge is 2.33. The van der Waals surface area contributed by atoms with Crippen molar-refractivity contribution in [2.45, 2.75) is 32.2 Å². The number of hydrogen-bond donors (Lipinski definition) is 2. The van der Waals surface area contributed by atoms with E-state index in [4.69, 9.17) is 0 Å². The molecule has 6 heteroatoms. The zero-order valence-corrected chi connectivity index (χ0v) is 11.6. The van der Waals surface area contributed by atoms with Crippen molar-refractivity contribution in [3.05, 3.63) is 0 Å². The lowest BCUT2D eigenvalue weighted by Gasteiger charge is -2.15. The summed E-state index contributed by atoms with van der Waals surface area (Å²) in [4.78, 5) is 25.2. The minimum Gasteiger partial charge on any atom is -0.354 e. The fraction of sp³-hybridized carbons (Fsp3) is 0.833. The molecule has 0 aromatic heterocycles. The molecule has 2 fully saturated rings. The molecular formula is C12H22ClN3O2. The Labute approximate surface area is 114 Å². The topological polar surface area (TPSA) is 61.4 Å². The number of carbonyl (C=O) groups excluding carboxylic acids is 2. The maximum Gasteiger partial charge on any atom is 0.225 e. The normalized spacial score (nSPS) is 27.2. The zero-order chi connectivity index (χ0) is 12.3. The Morgan fingerprint density at radius 2 is 2.33 bits per heavy atom. The summed E-state index contributed by atoms with van der Waals surface area (Å²) in [6, 6.07) is 0.415. The van der Waals surface area contributed by atoms with Gasteiger partial charge in [0.2, 0.25) is 11.8 Å². The van der Waals surface area contributed by atoms with E-state index in [9.17, 15) is 9.59 Å². The van der Waals surface area contributed by atoms with E-state index in [0.29, 0.717) is 32.1 Å². The van der Waals surface area contributed by atoms with Crippen LogP contribution in [0.1, 0.15) is 26.2 Å². The van der Waals surface area contributed by atoms with Crippen LogP contribution in [0.3, 0.4) is 0 Å². The molecule has 2 amide bonds. The molecule has 0 radical (unpaired) electrons. The second kappa shape index (κ2) is 6.95. The molecule has 2 atom stereocenters. The molecule has 18 heavy (non-hydrogen) atoms. The van der Waals surface area contributed by atoms with E-state index < -0.39 is 0 Å². The molecule has 2 saturated heterocycles.